The van der Waals surface area contributed by atoms with Crippen LogP contribution in [0.5, 0.6) is 0 Å². The number of hydrogen-bond acceptors (Lipinski definition) is 4. The minimum Gasteiger partial charge on any atom is -0.377 e. The average molecular weight is 418 g/mol. The number of carbonyl (C=O) groups excluding carboxylic acids is 1. The van der Waals surface area contributed by atoms with Gasteiger partial charge in [0.05, 0.1) is 27.8 Å². The molecular formula is C25H27N3O3. The molecule has 1 heterocycles. The van der Waals surface area contributed by atoms with Gasteiger partial charge in [0.25, 0.3) is 11.6 Å². The first-order valence-electron chi connectivity index (χ1n) is 11.2. The minimum atomic E-state index is -0.314. The van der Waals surface area contributed by atoms with E-state index in [2.05, 4.69) is 28.9 Å². The van der Waals surface area contributed by atoms with Crippen molar-refractivity contribution in [1.82, 2.24) is 5.32 Å². The first kappa shape index (κ1) is 19.8. The smallest absolute Gasteiger partial charge is 0.274 e. The molecule has 0 aromatic heterocycles. The molecule has 6 nitrogen and oxygen atoms in total. The number of hydrogen-bond donors (Lipinski definition) is 2. The van der Waals surface area contributed by atoms with Crippen molar-refractivity contribution in [2.45, 2.75) is 56.5 Å². The first-order chi connectivity index (χ1) is 15.1. The van der Waals surface area contributed by atoms with Gasteiger partial charge in [-0.1, -0.05) is 61.7 Å². The van der Waals surface area contributed by atoms with Crippen LogP contribution >= 0.6 is 0 Å². The zero-order valence-corrected chi connectivity index (χ0v) is 17.4. The Balaban J connectivity index is 1.52. The second kappa shape index (κ2) is 8.17. The number of benzene rings is 2. The van der Waals surface area contributed by atoms with Crippen molar-refractivity contribution in [3.63, 3.8) is 0 Å². The molecule has 3 atom stereocenters. The van der Waals surface area contributed by atoms with Gasteiger partial charge in [-0.2, -0.15) is 0 Å². The molecule has 2 aliphatic carbocycles. The number of nitrogens with zero attached hydrogens (tertiary/aromatic N) is 1. The van der Waals surface area contributed by atoms with Gasteiger partial charge in [0.15, 0.2) is 0 Å². The number of rotatable bonds is 4. The number of anilines is 1. The van der Waals surface area contributed by atoms with Crippen LogP contribution in [-0.4, -0.2) is 16.9 Å². The van der Waals surface area contributed by atoms with Crippen LogP contribution in [0.1, 0.15) is 72.0 Å². The third-order valence-corrected chi connectivity index (χ3v) is 7.05. The van der Waals surface area contributed by atoms with Crippen molar-refractivity contribution in [3.05, 3.63) is 81.4 Å². The van der Waals surface area contributed by atoms with Gasteiger partial charge >= 0.3 is 0 Å². The highest BCUT2D eigenvalue weighted by molar-refractivity contribution is 6.01. The summed E-state index contributed by atoms with van der Waals surface area (Å²) in [5.41, 5.74) is 3.35. The van der Waals surface area contributed by atoms with E-state index in [9.17, 15) is 14.9 Å². The van der Waals surface area contributed by atoms with Gasteiger partial charge in [0.2, 0.25) is 0 Å². The summed E-state index contributed by atoms with van der Waals surface area (Å²) in [4.78, 5) is 24.6. The summed E-state index contributed by atoms with van der Waals surface area (Å²) in [6.07, 6.45) is 10.8. The highest BCUT2D eigenvalue weighted by atomic mass is 16.6. The lowest BCUT2D eigenvalue weighted by Crippen LogP contribution is -2.37. The molecule has 160 valence electrons. The topological polar surface area (TPSA) is 84.3 Å². The van der Waals surface area contributed by atoms with Crippen LogP contribution in [0, 0.1) is 16.0 Å². The number of para-hydroxylation sites is 2. The number of fused-ring (bicyclic) bond motifs is 3. The molecule has 0 bridgehead atoms. The fourth-order valence-electron chi connectivity index (χ4n) is 5.55. The summed E-state index contributed by atoms with van der Waals surface area (Å²) in [6, 6.07) is 12.8. The zero-order valence-electron chi connectivity index (χ0n) is 17.4. The second-order valence-corrected chi connectivity index (χ2v) is 8.87. The molecule has 6 heteroatoms. The highest BCUT2D eigenvalue weighted by Crippen LogP contribution is 2.51. The van der Waals surface area contributed by atoms with Crippen LogP contribution < -0.4 is 10.6 Å². The lowest BCUT2D eigenvalue weighted by Gasteiger charge is -2.38. The third-order valence-electron chi connectivity index (χ3n) is 7.05. The van der Waals surface area contributed by atoms with E-state index in [-0.39, 0.29) is 40.4 Å². The Morgan fingerprint density at radius 1 is 1.03 bits per heavy atom. The van der Waals surface area contributed by atoms with Gasteiger partial charge in [-0.25, -0.2) is 0 Å². The van der Waals surface area contributed by atoms with Crippen LogP contribution in [-0.2, 0) is 0 Å². The maximum Gasteiger partial charge on any atom is 0.274 e. The number of nitrogens with one attached hydrogen (secondary N) is 2. The van der Waals surface area contributed by atoms with E-state index in [4.69, 9.17) is 0 Å². The monoisotopic (exact) mass is 417 g/mol. The molecule has 2 aromatic carbocycles. The summed E-state index contributed by atoms with van der Waals surface area (Å²) < 4.78 is 0. The zero-order chi connectivity index (χ0) is 21.4. The predicted octanol–water partition coefficient (Wildman–Crippen LogP) is 5.48. The Morgan fingerprint density at radius 3 is 2.61 bits per heavy atom. The lowest BCUT2D eigenvalue weighted by molar-refractivity contribution is -0.385. The summed E-state index contributed by atoms with van der Waals surface area (Å²) in [5.74, 6) is 0.270. The number of carbonyl (C=O) groups is 1. The van der Waals surface area contributed by atoms with Crippen LogP contribution in [0.25, 0.3) is 0 Å². The number of nitro groups is 1. The Hall–Kier alpha value is -3.15. The fraction of sp³-hybridized carbons (Fsp3) is 0.400. The van der Waals surface area contributed by atoms with Crippen molar-refractivity contribution < 1.29 is 9.72 Å². The maximum absolute atomic E-state index is 13.2. The van der Waals surface area contributed by atoms with Gasteiger partial charge in [-0.3, -0.25) is 14.9 Å². The van der Waals surface area contributed by atoms with Crippen molar-refractivity contribution in [3.8, 4) is 0 Å². The summed E-state index contributed by atoms with van der Waals surface area (Å²) in [7, 11) is 0. The molecule has 3 aliphatic rings. The van der Waals surface area contributed by atoms with Crippen LogP contribution in [0.2, 0.25) is 0 Å². The molecule has 3 unspecified atom stereocenters. The van der Waals surface area contributed by atoms with Crippen LogP contribution in [0.3, 0.4) is 0 Å². The predicted molar refractivity (Wildman–Crippen MR) is 120 cm³/mol. The molecule has 1 aliphatic heterocycles. The largest absolute Gasteiger partial charge is 0.377 e. The molecule has 2 N–H and O–H groups in total. The van der Waals surface area contributed by atoms with E-state index in [0.717, 1.165) is 43.4 Å². The Morgan fingerprint density at radius 2 is 1.81 bits per heavy atom. The van der Waals surface area contributed by atoms with Crippen LogP contribution in [0.15, 0.2) is 54.6 Å². The van der Waals surface area contributed by atoms with Gasteiger partial charge in [-0.05, 0) is 36.8 Å². The Bertz CT molecular complexity index is 1040. The van der Waals surface area contributed by atoms with E-state index in [1.54, 1.807) is 12.1 Å². The second-order valence-electron chi connectivity index (χ2n) is 8.87. The minimum absolute atomic E-state index is 0.0574. The molecule has 31 heavy (non-hydrogen) atoms. The number of allylic oxidation sites excluding steroid dienone is 2. The fourth-order valence-corrected chi connectivity index (χ4v) is 5.55. The normalized spacial score (nSPS) is 24.7. The van der Waals surface area contributed by atoms with Crippen molar-refractivity contribution >= 4 is 17.3 Å². The molecule has 0 radical (unpaired) electrons. The quantitative estimate of drug-likeness (QED) is 0.392. The lowest BCUT2D eigenvalue weighted by atomic mass is 9.76. The van der Waals surface area contributed by atoms with E-state index >= 15 is 0 Å². The van der Waals surface area contributed by atoms with Gasteiger partial charge in [0, 0.05) is 18.0 Å². The molecule has 5 rings (SSSR count). The number of nitro benzene ring substituents is 1. The molecular weight excluding hydrogens is 390 g/mol. The summed E-state index contributed by atoms with van der Waals surface area (Å²) in [5, 5.41) is 18.5. The van der Waals surface area contributed by atoms with Gasteiger partial charge < -0.3 is 10.6 Å². The average Bonchev–Trinajstić information content (AvgIpc) is 3.29. The Kier molecular flexibility index (Phi) is 5.22. The van der Waals surface area contributed by atoms with Crippen molar-refractivity contribution in [2.24, 2.45) is 5.92 Å². The molecule has 0 saturated heterocycles. The van der Waals surface area contributed by atoms with Crippen molar-refractivity contribution in [1.29, 1.82) is 0 Å². The Labute approximate surface area is 181 Å². The van der Waals surface area contributed by atoms with E-state index < -0.39 is 0 Å². The standard InChI is InChI=1S/C25H27N3O3/c29-25(26-16-8-2-1-3-9-16)21-14-7-13-19-17-11-6-12-18(17)23(27-24(19)21)20-10-4-5-15-22(20)28(30)31/h4-7,10-11,13-18,23,27H,1-3,8-9,12H2,(H,26,29). The summed E-state index contributed by atoms with van der Waals surface area (Å²) in [6.45, 7) is 0. The highest BCUT2D eigenvalue weighted by Gasteiger charge is 2.41. The molecule has 1 fully saturated rings. The van der Waals surface area contributed by atoms with Gasteiger partial charge in [0.1, 0.15) is 0 Å². The molecule has 0 spiro atoms. The van der Waals surface area contributed by atoms with E-state index in [1.165, 1.54) is 6.42 Å². The van der Waals surface area contributed by atoms with E-state index in [0.29, 0.717) is 11.1 Å². The van der Waals surface area contributed by atoms with E-state index in [1.807, 2.05) is 24.3 Å². The first-order valence-corrected chi connectivity index (χ1v) is 11.2. The van der Waals surface area contributed by atoms with Crippen LogP contribution in [0.4, 0.5) is 11.4 Å². The third kappa shape index (κ3) is 3.60. The summed E-state index contributed by atoms with van der Waals surface area (Å²) >= 11 is 0. The molecule has 1 saturated carbocycles. The number of amides is 1. The molecule has 1 amide bonds. The van der Waals surface area contributed by atoms with Gasteiger partial charge in [-0.15, -0.1) is 0 Å². The van der Waals surface area contributed by atoms with Crippen molar-refractivity contribution in [2.75, 3.05) is 5.32 Å². The molecule has 2 aromatic rings. The SMILES string of the molecule is O=C(NC1CCCCC1)c1cccc2c1NC(c1ccccc1[N+](=O)[O-])C1CC=CC21. The maximum atomic E-state index is 13.2.